The zero-order valence-electron chi connectivity index (χ0n) is 20.1. The number of carbonyl (C=O) groups is 2. The second-order valence-corrected chi connectivity index (χ2v) is 7.70. The number of carbonyl (C=O) groups excluding carboxylic acids is 1. The van der Waals surface area contributed by atoms with E-state index in [1.165, 1.54) is 28.4 Å². The molecule has 1 atom stereocenters. The first-order chi connectivity index (χ1) is 17.4. The van der Waals surface area contributed by atoms with Gasteiger partial charge in [0.2, 0.25) is 11.7 Å². The number of amides is 1. The van der Waals surface area contributed by atoms with E-state index in [1.807, 2.05) is 0 Å². The third-order valence-electron chi connectivity index (χ3n) is 5.36. The fourth-order valence-corrected chi connectivity index (χ4v) is 3.77. The van der Waals surface area contributed by atoms with Gasteiger partial charge >= 0.3 is 5.97 Å². The molecule has 192 valence electrons. The molecule has 3 N–H and O–H groups in total. The molecule has 1 aromatic heterocycles. The van der Waals surface area contributed by atoms with Crippen molar-refractivity contribution >= 4 is 29.3 Å². The lowest BCUT2D eigenvalue weighted by molar-refractivity contribution is -0.137. The molecule has 1 unspecified atom stereocenters. The molecule has 0 spiro atoms. The lowest BCUT2D eigenvalue weighted by Gasteiger charge is -2.17. The van der Waals surface area contributed by atoms with Crippen LogP contribution < -0.4 is 29.1 Å². The van der Waals surface area contributed by atoms with Gasteiger partial charge in [0.25, 0.3) is 0 Å². The monoisotopic (exact) mass is 519 g/mol. The van der Waals surface area contributed by atoms with Crippen LogP contribution in [0.3, 0.4) is 0 Å². The van der Waals surface area contributed by atoms with Crippen molar-refractivity contribution in [1.82, 2.24) is 9.99 Å². The van der Waals surface area contributed by atoms with E-state index >= 15 is 0 Å². The van der Waals surface area contributed by atoms with Crippen molar-refractivity contribution in [2.24, 2.45) is 0 Å². The Morgan fingerprint density at radius 1 is 1.00 bits per heavy atom. The fraction of sp³-hybridized carbons (Fsp3) is 0.292. The van der Waals surface area contributed by atoms with E-state index in [2.05, 4.69) is 15.3 Å². The van der Waals surface area contributed by atoms with Crippen molar-refractivity contribution < 1.29 is 38.2 Å². The highest BCUT2D eigenvalue weighted by Gasteiger charge is 2.22. The van der Waals surface area contributed by atoms with Gasteiger partial charge < -0.3 is 33.9 Å². The van der Waals surface area contributed by atoms with Gasteiger partial charge in [-0.15, -0.1) is 0 Å². The highest BCUT2D eigenvalue weighted by Crippen LogP contribution is 2.44. The molecule has 2 aromatic carbocycles. The van der Waals surface area contributed by atoms with Gasteiger partial charge in [0.1, 0.15) is 11.8 Å². The molecule has 0 saturated carbocycles. The SMILES string of the molecule is COc1ccc(-c2cnoc2-c2cc(OC)c(OC)c(OC)c2)cc1NC(=O)C(CCC(=O)O)NCl. The van der Waals surface area contributed by atoms with Gasteiger partial charge in [-0.1, -0.05) is 11.2 Å². The zero-order valence-corrected chi connectivity index (χ0v) is 20.8. The molecule has 1 heterocycles. The molecule has 3 aromatic rings. The summed E-state index contributed by atoms with van der Waals surface area (Å²) in [5, 5.41) is 15.6. The van der Waals surface area contributed by atoms with Crippen LogP contribution in [0.2, 0.25) is 0 Å². The van der Waals surface area contributed by atoms with E-state index in [4.69, 9.17) is 40.4 Å². The predicted octanol–water partition coefficient (Wildman–Crippen LogP) is 3.96. The van der Waals surface area contributed by atoms with Crippen LogP contribution in [-0.4, -0.2) is 56.6 Å². The van der Waals surface area contributed by atoms with Crippen LogP contribution in [0.5, 0.6) is 23.0 Å². The number of carboxylic acid groups (broad SMARTS) is 1. The van der Waals surface area contributed by atoms with Crippen molar-refractivity contribution in [3.63, 3.8) is 0 Å². The first-order valence-electron chi connectivity index (χ1n) is 10.7. The number of rotatable bonds is 12. The summed E-state index contributed by atoms with van der Waals surface area (Å²) in [5.41, 5.74) is 2.26. The van der Waals surface area contributed by atoms with E-state index in [1.54, 1.807) is 36.5 Å². The van der Waals surface area contributed by atoms with E-state index in [-0.39, 0.29) is 12.8 Å². The molecule has 1 amide bonds. The third-order valence-corrected chi connectivity index (χ3v) is 5.62. The third kappa shape index (κ3) is 5.81. The lowest BCUT2D eigenvalue weighted by Crippen LogP contribution is -2.36. The predicted molar refractivity (Wildman–Crippen MR) is 132 cm³/mol. The number of anilines is 1. The Bertz CT molecular complexity index is 1200. The number of hydrogen-bond donors (Lipinski definition) is 3. The fourth-order valence-electron chi connectivity index (χ4n) is 3.56. The summed E-state index contributed by atoms with van der Waals surface area (Å²) >= 11 is 5.67. The molecule has 36 heavy (non-hydrogen) atoms. The summed E-state index contributed by atoms with van der Waals surface area (Å²) in [6.45, 7) is 0. The quantitative estimate of drug-likeness (QED) is 0.301. The number of ether oxygens (including phenoxy) is 4. The minimum atomic E-state index is -1.04. The van der Waals surface area contributed by atoms with Crippen molar-refractivity contribution in [1.29, 1.82) is 0 Å². The Morgan fingerprint density at radius 2 is 1.67 bits per heavy atom. The molecular weight excluding hydrogens is 494 g/mol. The van der Waals surface area contributed by atoms with Gasteiger partial charge in [-0.25, -0.2) is 4.84 Å². The number of halogens is 1. The Labute approximate surface area is 212 Å². The average molecular weight is 520 g/mol. The highest BCUT2D eigenvalue weighted by atomic mass is 35.5. The van der Waals surface area contributed by atoms with E-state index < -0.39 is 17.9 Å². The zero-order chi connectivity index (χ0) is 26.2. The molecule has 0 fully saturated rings. The normalized spacial score (nSPS) is 11.5. The van der Waals surface area contributed by atoms with Gasteiger partial charge in [0, 0.05) is 17.5 Å². The van der Waals surface area contributed by atoms with Crippen molar-refractivity contribution in [3.05, 3.63) is 36.5 Å². The number of methoxy groups -OCH3 is 4. The van der Waals surface area contributed by atoms with Crippen molar-refractivity contribution in [2.45, 2.75) is 18.9 Å². The van der Waals surface area contributed by atoms with Crippen LogP contribution in [0.25, 0.3) is 22.5 Å². The number of aromatic nitrogens is 1. The molecular formula is C24H26ClN3O8. The number of nitrogens with zero attached hydrogens (tertiary/aromatic N) is 1. The minimum absolute atomic E-state index is 0.00358. The molecule has 0 bridgehead atoms. The summed E-state index contributed by atoms with van der Waals surface area (Å²) in [7, 11) is 6.01. The van der Waals surface area contributed by atoms with Gasteiger partial charge in [-0.05, 0) is 48.0 Å². The van der Waals surface area contributed by atoms with Gasteiger partial charge in [0.05, 0.1) is 40.3 Å². The van der Waals surface area contributed by atoms with Crippen molar-refractivity contribution in [3.8, 4) is 45.4 Å². The Balaban J connectivity index is 1.99. The Morgan fingerprint density at radius 3 is 2.22 bits per heavy atom. The first kappa shape index (κ1) is 26.6. The van der Waals surface area contributed by atoms with Crippen molar-refractivity contribution in [2.75, 3.05) is 33.8 Å². The smallest absolute Gasteiger partial charge is 0.303 e. The Kier molecular flexibility index (Phi) is 8.98. The molecule has 12 heteroatoms. The number of aliphatic carboxylic acids is 1. The van der Waals surface area contributed by atoms with Crippen LogP contribution in [0.15, 0.2) is 41.1 Å². The summed E-state index contributed by atoms with van der Waals surface area (Å²) in [4.78, 5) is 25.9. The molecule has 11 nitrogen and oxygen atoms in total. The molecule has 0 aliphatic heterocycles. The first-order valence-corrected chi connectivity index (χ1v) is 11.1. The summed E-state index contributed by atoms with van der Waals surface area (Å²) in [6, 6.07) is 7.68. The van der Waals surface area contributed by atoms with E-state index in [0.717, 1.165) is 0 Å². The topological polar surface area (TPSA) is 141 Å². The minimum Gasteiger partial charge on any atom is -0.495 e. The molecule has 0 radical (unpaired) electrons. The largest absolute Gasteiger partial charge is 0.495 e. The van der Waals surface area contributed by atoms with E-state index in [0.29, 0.717) is 51.1 Å². The average Bonchev–Trinajstić information content (AvgIpc) is 3.38. The van der Waals surface area contributed by atoms with Gasteiger partial charge in [-0.2, -0.15) is 0 Å². The van der Waals surface area contributed by atoms with Gasteiger partial charge in [0.15, 0.2) is 17.3 Å². The number of nitrogens with one attached hydrogen (secondary N) is 2. The number of carboxylic acids is 1. The van der Waals surface area contributed by atoms with E-state index in [9.17, 15) is 9.59 Å². The maximum Gasteiger partial charge on any atom is 0.303 e. The molecule has 3 rings (SSSR count). The molecule has 0 aliphatic rings. The number of hydrogen-bond acceptors (Lipinski definition) is 9. The maximum atomic E-state index is 12.7. The lowest BCUT2D eigenvalue weighted by atomic mass is 10.0. The summed E-state index contributed by atoms with van der Waals surface area (Å²) in [5.74, 6) is 0.589. The maximum absolute atomic E-state index is 12.7. The Hall–Kier alpha value is -3.96. The molecule has 0 saturated heterocycles. The van der Waals surface area contributed by atoms with Crippen LogP contribution in [0.4, 0.5) is 5.69 Å². The summed E-state index contributed by atoms with van der Waals surface area (Å²) in [6.07, 6.45) is 1.32. The van der Waals surface area contributed by atoms with Crippen LogP contribution >= 0.6 is 11.8 Å². The second kappa shape index (κ2) is 12.1. The van der Waals surface area contributed by atoms with Gasteiger partial charge in [-0.3, -0.25) is 9.59 Å². The standard InChI is InChI=1S/C24H26ClN3O8/c1-32-18-7-5-13(9-17(18)27-24(31)16(28-25)6-8-21(29)30)15-12-26-36-22(15)14-10-19(33-2)23(35-4)20(11-14)34-3/h5,7,9-12,16,28H,6,8H2,1-4H3,(H,27,31)(H,29,30). The highest BCUT2D eigenvalue weighted by molar-refractivity contribution is 6.15. The van der Waals surface area contributed by atoms with Crippen LogP contribution in [0.1, 0.15) is 12.8 Å². The second-order valence-electron chi connectivity index (χ2n) is 7.48. The van der Waals surface area contributed by atoms with Crippen LogP contribution in [-0.2, 0) is 9.59 Å². The molecule has 0 aliphatic carbocycles. The van der Waals surface area contributed by atoms with Crippen LogP contribution in [0, 0.1) is 0 Å². The number of benzene rings is 2. The summed E-state index contributed by atoms with van der Waals surface area (Å²) < 4.78 is 27.2.